The smallest absolute Gasteiger partial charge is 0.0615 e. The van der Waals surface area contributed by atoms with E-state index in [0.29, 0.717) is 17.5 Å². The molecule has 7 aromatic carbocycles. The van der Waals surface area contributed by atoms with E-state index in [-0.39, 0.29) is 14.5 Å². The van der Waals surface area contributed by atoms with Crippen LogP contribution in [-0.4, -0.2) is 34.4 Å². The summed E-state index contributed by atoms with van der Waals surface area (Å²) in [5.74, 6) is 1.95. The van der Waals surface area contributed by atoms with Crippen molar-refractivity contribution in [1.82, 2.24) is 19.9 Å². The Morgan fingerprint density at radius 1 is 0.383 bits per heavy atom. The third-order valence-corrected chi connectivity index (χ3v) is 11.0. The van der Waals surface area contributed by atoms with Gasteiger partial charge in [-0.3, -0.25) is 0 Å². The molecule has 0 saturated heterocycles. The van der Waals surface area contributed by atoms with E-state index < -0.39 is 0 Å². The second kappa shape index (κ2) is 11.6. The minimum Gasteiger partial charge on any atom is -0.0615 e. The van der Waals surface area contributed by atoms with Gasteiger partial charge in [0.1, 0.15) is 0 Å². The molecule has 0 amide bonds. The van der Waals surface area contributed by atoms with Crippen molar-refractivity contribution in [3.05, 3.63) is 158 Å². The topological polar surface area (TPSA) is 51.6 Å². The summed E-state index contributed by atoms with van der Waals surface area (Å²) in [6, 6.07) is 54.9. The fourth-order valence-electron chi connectivity index (χ4n) is 6.27. The summed E-state index contributed by atoms with van der Waals surface area (Å²) in [5, 5.41) is 4.80. The molecule has 9 rings (SSSR count). The van der Waals surface area contributed by atoms with E-state index in [4.69, 9.17) is 19.9 Å². The summed E-state index contributed by atoms with van der Waals surface area (Å²) in [6.45, 7) is 0. The van der Waals surface area contributed by atoms with Crippen LogP contribution in [0.2, 0.25) is 0 Å². The van der Waals surface area contributed by atoms with Crippen LogP contribution >= 0.6 is 0 Å². The third-order valence-electron chi connectivity index (χ3n) is 8.55. The van der Waals surface area contributed by atoms with Crippen LogP contribution in [0.15, 0.2) is 158 Å². The van der Waals surface area contributed by atoms with E-state index >= 15 is 0 Å². The Labute approximate surface area is 277 Å². The van der Waals surface area contributed by atoms with E-state index in [0.717, 1.165) is 38.7 Å². The minimum absolute atomic E-state index is 0.134. The van der Waals surface area contributed by atoms with Gasteiger partial charge in [-0.15, -0.1) is 0 Å². The van der Waals surface area contributed by atoms with Gasteiger partial charge < -0.3 is 0 Å². The van der Waals surface area contributed by atoms with Gasteiger partial charge in [0, 0.05) is 0 Å². The molecule has 0 saturated carbocycles. The summed E-state index contributed by atoms with van der Waals surface area (Å²) < 4.78 is 2.52. The molecular formula is C42H26N4Se. The Morgan fingerprint density at radius 2 is 0.979 bits per heavy atom. The molecule has 5 heteroatoms. The van der Waals surface area contributed by atoms with Gasteiger partial charge >= 0.3 is 243 Å². The SMILES string of the molecule is c1ccc(-c2nc(-c3ccccc3)nc(-c3ccc4ccccc4c3-c3ccc4c(ccc5nc(-c6ccccc6)[se]c54)c3)n2)cc1. The predicted octanol–water partition coefficient (Wildman–Crippen LogP) is 10.1. The zero-order valence-corrected chi connectivity index (χ0v) is 26.9. The predicted molar refractivity (Wildman–Crippen MR) is 194 cm³/mol. The molecule has 4 nitrogen and oxygen atoms in total. The van der Waals surface area contributed by atoms with Crippen molar-refractivity contribution >= 4 is 45.8 Å². The molecule has 2 heterocycles. The van der Waals surface area contributed by atoms with Gasteiger partial charge in [-0.2, -0.15) is 0 Å². The van der Waals surface area contributed by atoms with Gasteiger partial charge in [0.25, 0.3) is 0 Å². The summed E-state index contributed by atoms with van der Waals surface area (Å²) in [7, 11) is 0. The van der Waals surface area contributed by atoms with Crippen molar-refractivity contribution in [2.24, 2.45) is 0 Å². The summed E-state index contributed by atoms with van der Waals surface area (Å²) in [4.78, 5) is 20.2. The normalized spacial score (nSPS) is 11.4. The van der Waals surface area contributed by atoms with Crippen LogP contribution in [0.1, 0.15) is 0 Å². The van der Waals surface area contributed by atoms with Crippen LogP contribution in [0, 0.1) is 0 Å². The zero-order chi connectivity index (χ0) is 31.2. The van der Waals surface area contributed by atoms with Crippen molar-refractivity contribution in [1.29, 1.82) is 0 Å². The van der Waals surface area contributed by atoms with E-state index in [2.05, 4.69) is 97.1 Å². The number of aromatic nitrogens is 4. The molecule has 0 fully saturated rings. The fraction of sp³-hybridized carbons (Fsp3) is 0. The molecule has 2 aromatic heterocycles. The number of hydrogen-bond donors (Lipinski definition) is 0. The average Bonchev–Trinajstić information content (AvgIpc) is 3.60. The molecule has 220 valence electrons. The molecule has 47 heavy (non-hydrogen) atoms. The van der Waals surface area contributed by atoms with Crippen molar-refractivity contribution in [2.45, 2.75) is 0 Å². The van der Waals surface area contributed by atoms with Crippen LogP contribution in [0.3, 0.4) is 0 Å². The summed E-state index contributed by atoms with van der Waals surface area (Å²) in [6.07, 6.45) is 0. The second-order valence-electron chi connectivity index (χ2n) is 11.5. The zero-order valence-electron chi connectivity index (χ0n) is 25.2. The maximum atomic E-state index is 5.10. The summed E-state index contributed by atoms with van der Waals surface area (Å²) in [5.41, 5.74) is 7.41. The van der Waals surface area contributed by atoms with Crippen LogP contribution in [-0.2, 0) is 0 Å². The first-order valence-electron chi connectivity index (χ1n) is 15.6. The molecule has 0 aliphatic heterocycles. The molecule has 0 radical (unpaired) electrons. The van der Waals surface area contributed by atoms with Crippen LogP contribution in [0.4, 0.5) is 0 Å². The quantitative estimate of drug-likeness (QED) is 0.172. The number of rotatable bonds is 5. The minimum atomic E-state index is 0.134. The first-order chi connectivity index (χ1) is 23.3. The van der Waals surface area contributed by atoms with E-state index in [1.54, 1.807) is 0 Å². The van der Waals surface area contributed by atoms with E-state index in [9.17, 15) is 0 Å². The molecule has 0 bridgehead atoms. The first kappa shape index (κ1) is 27.6. The van der Waals surface area contributed by atoms with Crippen LogP contribution in [0.25, 0.3) is 86.7 Å². The Kier molecular flexibility index (Phi) is 6.78. The second-order valence-corrected chi connectivity index (χ2v) is 13.6. The third kappa shape index (κ3) is 5.03. The molecule has 9 aromatic rings. The van der Waals surface area contributed by atoms with Crippen molar-refractivity contribution in [3.8, 4) is 55.4 Å². The maximum absolute atomic E-state index is 5.10. The Morgan fingerprint density at radius 3 is 1.68 bits per heavy atom. The van der Waals surface area contributed by atoms with E-state index in [1.165, 1.54) is 30.6 Å². The van der Waals surface area contributed by atoms with Crippen LogP contribution < -0.4 is 0 Å². The van der Waals surface area contributed by atoms with Crippen LogP contribution in [0.5, 0.6) is 0 Å². The number of benzene rings is 7. The Bertz CT molecular complexity index is 2500. The number of fused-ring (bicyclic) bond motifs is 4. The van der Waals surface area contributed by atoms with Gasteiger partial charge in [-0.05, 0) is 0 Å². The van der Waals surface area contributed by atoms with Crippen molar-refractivity contribution in [2.75, 3.05) is 0 Å². The number of nitrogens with zero attached hydrogens (tertiary/aromatic N) is 4. The molecule has 0 aliphatic carbocycles. The molecule has 0 atom stereocenters. The molecule has 0 unspecified atom stereocenters. The average molecular weight is 666 g/mol. The van der Waals surface area contributed by atoms with Crippen molar-refractivity contribution in [3.63, 3.8) is 0 Å². The van der Waals surface area contributed by atoms with Gasteiger partial charge in [-0.1, -0.05) is 36.4 Å². The number of hydrogen-bond acceptors (Lipinski definition) is 4. The Hall–Kier alpha value is -5.74. The van der Waals surface area contributed by atoms with E-state index in [1.807, 2.05) is 60.7 Å². The molecule has 0 spiro atoms. The first-order valence-corrected chi connectivity index (χ1v) is 17.3. The standard InChI is InChI=1S/C42H26N4Se/c1-4-13-28(14-5-1)39-44-40(29-15-6-2-7-16-29)46-41(45-39)35-24-20-27-12-10-11-19-33(27)37(35)32-21-23-34-31(26-32)22-25-36-38(34)47-42(43-36)30-17-8-3-9-18-30/h1-26H. The van der Waals surface area contributed by atoms with Gasteiger partial charge in [0.15, 0.2) is 0 Å². The summed E-state index contributed by atoms with van der Waals surface area (Å²) >= 11 is 0.134. The fourth-order valence-corrected chi connectivity index (χ4v) is 8.59. The van der Waals surface area contributed by atoms with Crippen molar-refractivity contribution < 1.29 is 0 Å². The van der Waals surface area contributed by atoms with Gasteiger partial charge in [0.05, 0.1) is 0 Å². The molecule has 0 N–H and O–H groups in total. The van der Waals surface area contributed by atoms with Gasteiger partial charge in [-0.25, -0.2) is 0 Å². The molecule has 0 aliphatic rings. The molecular weight excluding hydrogens is 639 g/mol. The monoisotopic (exact) mass is 666 g/mol. The Balaban J connectivity index is 1.26. The van der Waals surface area contributed by atoms with Gasteiger partial charge in [0.2, 0.25) is 0 Å².